The molecule has 0 atom stereocenters. The summed E-state index contributed by atoms with van der Waals surface area (Å²) in [5, 5.41) is 6.90. The van der Waals surface area contributed by atoms with Crippen molar-refractivity contribution in [1.82, 2.24) is 19.7 Å². The number of pyridine rings is 1. The highest BCUT2D eigenvalue weighted by atomic mass is 16.5. The molecular formula is C17H17N5O2. The van der Waals surface area contributed by atoms with Gasteiger partial charge in [0.1, 0.15) is 12.7 Å². The minimum Gasteiger partial charge on any atom is -0.478 e. The molecule has 3 rings (SSSR count). The molecule has 2 aromatic heterocycles. The number of carbonyl (C=O) groups is 1. The van der Waals surface area contributed by atoms with Crippen molar-refractivity contribution in [3.8, 4) is 5.88 Å². The Hall–Kier alpha value is -3.22. The van der Waals surface area contributed by atoms with Crippen molar-refractivity contribution in [2.45, 2.75) is 13.5 Å². The molecule has 122 valence electrons. The van der Waals surface area contributed by atoms with Gasteiger partial charge in [-0.25, -0.2) is 14.6 Å². The molecule has 0 saturated heterocycles. The molecule has 0 saturated carbocycles. The zero-order valence-electron chi connectivity index (χ0n) is 13.2. The molecule has 0 radical (unpaired) electrons. The first-order valence-corrected chi connectivity index (χ1v) is 7.56. The van der Waals surface area contributed by atoms with E-state index in [0.29, 0.717) is 24.6 Å². The first kappa shape index (κ1) is 15.7. The van der Waals surface area contributed by atoms with Gasteiger partial charge in [-0.1, -0.05) is 12.1 Å². The van der Waals surface area contributed by atoms with E-state index in [-0.39, 0.29) is 5.91 Å². The molecule has 0 fully saturated rings. The molecule has 24 heavy (non-hydrogen) atoms. The van der Waals surface area contributed by atoms with Crippen molar-refractivity contribution in [1.29, 1.82) is 0 Å². The van der Waals surface area contributed by atoms with E-state index in [1.807, 2.05) is 31.2 Å². The predicted molar refractivity (Wildman–Crippen MR) is 88.9 cm³/mol. The van der Waals surface area contributed by atoms with Crippen LogP contribution < -0.4 is 10.1 Å². The summed E-state index contributed by atoms with van der Waals surface area (Å²) < 4.78 is 7.00. The minimum absolute atomic E-state index is 0.213. The largest absolute Gasteiger partial charge is 0.478 e. The van der Waals surface area contributed by atoms with E-state index >= 15 is 0 Å². The smallest absolute Gasteiger partial charge is 0.257 e. The molecule has 1 amide bonds. The fraction of sp³-hybridized carbons (Fsp3) is 0.176. The molecule has 0 unspecified atom stereocenters. The number of hydrogen-bond acceptors (Lipinski definition) is 5. The molecule has 0 bridgehead atoms. The van der Waals surface area contributed by atoms with Gasteiger partial charge in [-0.15, -0.1) is 0 Å². The van der Waals surface area contributed by atoms with Crippen molar-refractivity contribution < 1.29 is 9.53 Å². The monoisotopic (exact) mass is 323 g/mol. The third-order valence-electron chi connectivity index (χ3n) is 3.31. The summed E-state index contributed by atoms with van der Waals surface area (Å²) in [6, 6.07) is 11.0. The molecule has 0 spiro atoms. The average Bonchev–Trinajstić information content (AvgIpc) is 3.10. The second-order valence-electron chi connectivity index (χ2n) is 5.06. The number of benzene rings is 1. The summed E-state index contributed by atoms with van der Waals surface area (Å²) in [6.07, 6.45) is 4.66. The van der Waals surface area contributed by atoms with E-state index in [1.54, 1.807) is 23.1 Å². The lowest BCUT2D eigenvalue weighted by atomic mass is 10.2. The van der Waals surface area contributed by atoms with Crippen LogP contribution in [-0.2, 0) is 6.54 Å². The maximum absolute atomic E-state index is 12.2. The fourth-order valence-corrected chi connectivity index (χ4v) is 2.15. The lowest BCUT2D eigenvalue weighted by Crippen LogP contribution is -2.12. The first-order chi connectivity index (χ1) is 11.7. The average molecular weight is 323 g/mol. The lowest BCUT2D eigenvalue weighted by molar-refractivity contribution is 0.102. The molecule has 0 aliphatic rings. The van der Waals surface area contributed by atoms with Gasteiger partial charge in [-0.3, -0.25) is 4.79 Å². The highest BCUT2D eigenvalue weighted by Gasteiger charge is 2.07. The second-order valence-corrected chi connectivity index (χ2v) is 5.06. The number of aromatic nitrogens is 4. The van der Waals surface area contributed by atoms with Crippen molar-refractivity contribution in [3.05, 3.63) is 66.4 Å². The number of anilines is 1. The predicted octanol–water partition coefficient (Wildman–Crippen LogP) is 2.37. The normalized spacial score (nSPS) is 10.4. The third-order valence-corrected chi connectivity index (χ3v) is 3.31. The summed E-state index contributed by atoms with van der Waals surface area (Å²) >= 11 is 0. The Labute approximate surface area is 139 Å². The van der Waals surface area contributed by atoms with Crippen LogP contribution >= 0.6 is 0 Å². The Morgan fingerprint density at radius 2 is 2.04 bits per heavy atom. The van der Waals surface area contributed by atoms with Crippen LogP contribution in [0.25, 0.3) is 0 Å². The van der Waals surface area contributed by atoms with Crippen LogP contribution in [-0.4, -0.2) is 32.3 Å². The second kappa shape index (κ2) is 7.36. The van der Waals surface area contributed by atoms with Gasteiger partial charge < -0.3 is 10.1 Å². The summed E-state index contributed by atoms with van der Waals surface area (Å²) in [5.74, 6) is 0.293. The number of nitrogens with one attached hydrogen (secondary N) is 1. The Bertz CT molecular complexity index is 783. The highest BCUT2D eigenvalue weighted by Crippen LogP contribution is 2.13. The number of amides is 1. The molecular weight excluding hydrogens is 306 g/mol. The Kier molecular flexibility index (Phi) is 4.81. The quantitative estimate of drug-likeness (QED) is 0.753. The summed E-state index contributed by atoms with van der Waals surface area (Å²) in [5.41, 5.74) is 2.27. The van der Waals surface area contributed by atoms with E-state index in [9.17, 15) is 4.79 Å². The van der Waals surface area contributed by atoms with Gasteiger partial charge in [0, 0.05) is 18.0 Å². The van der Waals surface area contributed by atoms with Crippen molar-refractivity contribution >= 4 is 11.6 Å². The molecule has 1 N–H and O–H groups in total. The Balaban J connectivity index is 1.61. The summed E-state index contributed by atoms with van der Waals surface area (Å²) in [7, 11) is 0. The molecule has 7 heteroatoms. The topological polar surface area (TPSA) is 81.9 Å². The van der Waals surface area contributed by atoms with Crippen LogP contribution in [0.4, 0.5) is 5.69 Å². The third kappa shape index (κ3) is 3.95. The molecule has 0 aliphatic carbocycles. The van der Waals surface area contributed by atoms with E-state index in [1.165, 1.54) is 12.5 Å². The van der Waals surface area contributed by atoms with Gasteiger partial charge >= 0.3 is 0 Å². The molecule has 0 aliphatic heterocycles. The van der Waals surface area contributed by atoms with Gasteiger partial charge in [-0.2, -0.15) is 5.10 Å². The van der Waals surface area contributed by atoms with E-state index < -0.39 is 0 Å². The number of rotatable bonds is 6. The lowest BCUT2D eigenvalue weighted by Gasteiger charge is -2.07. The van der Waals surface area contributed by atoms with Gasteiger partial charge in [0.2, 0.25) is 5.88 Å². The SMILES string of the molecule is CCOc1ccc(C(=O)Nc2ccc(Cn3cncn3)cc2)cn1. The molecule has 2 heterocycles. The Morgan fingerprint density at radius 3 is 2.67 bits per heavy atom. The molecule has 3 aromatic rings. The van der Waals surface area contributed by atoms with E-state index in [0.717, 1.165) is 11.3 Å². The highest BCUT2D eigenvalue weighted by molar-refractivity contribution is 6.04. The van der Waals surface area contributed by atoms with E-state index in [2.05, 4.69) is 20.4 Å². The number of carbonyl (C=O) groups excluding carboxylic acids is 1. The van der Waals surface area contributed by atoms with Gasteiger partial charge in [0.25, 0.3) is 5.91 Å². The van der Waals surface area contributed by atoms with Crippen LogP contribution in [0.1, 0.15) is 22.8 Å². The molecule has 1 aromatic carbocycles. The van der Waals surface area contributed by atoms with Crippen LogP contribution in [0.2, 0.25) is 0 Å². The van der Waals surface area contributed by atoms with Crippen molar-refractivity contribution in [2.24, 2.45) is 0 Å². The molecule has 7 nitrogen and oxygen atoms in total. The summed E-state index contributed by atoms with van der Waals surface area (Å²) in [4.78, 5) is 20.2. The maximum atomic E-state index is 12.2. The zero-order chi connectivity index (χ0) is 16.8. The van der Waals surface area contributed by atoms with Gasteiger partial charge in [0.05, 0.1) is 18.7 Å². The fourth-order valence-electron chi connectivity index (χ4n) is 2.15. The first-order valence-electron chi connectivity index (χ1n) is 7.56. The Morgan fingerprint density at radius 1 is 1.21 bits per heavy atom. The standard InChI is InChI=1S/C17H17N5O2/c1-2-24-16-8-5-14(9-19-16)17(23)21-15-6-3-13(4-7-15)10-22-12-18-11-20-22/h3-9,11-12H,2,10H2,1H3,(H,21,23). The van der Waals surface area contributed by atoms with E-state index in [4.69, 9.17) is 4.74 Å². The van der Waals surface area contributed by atoms with Crippen molar-refractivity contribution in [3.63, 3.8) is 0 Å². The maximum Gasteiger partial charge on any atom is 0.257 e. The van der Waals surface area contributed by atoms with Gasteiger partial charge in [0.15, 0.2) is 0 Å². The minimum atomic E-state index is -0.213. The van der Waals surface area contributed by atoms with Crippen LogP contribution in [0.15, 0.2) is 55.2 Å². The van der Waals surface area contributed by atoms with Crippen LogP contribution in [0, 0.1) is 0 Å². The summed E-state index contributed by atoms with van der Waals surface area (Å²) in [6.45, 7) is 3.06. The van der Waals surface area contributed by atoms with Crippen LogP contribution in [0.3, 0.4) is 0 Å². The zero-order valence-corrected chi connectivity index (χ0v) is 13.2. The van der Waals surface area contributed by atoms with Gasteiger partial charge in [-0.05, 0) is 30.7 Å². The van der Waals surface area contributed by atoms with Crippen LogP contribution in [0.5, 0.6) is 5.88 Å². The number of nitrogens with zero attached hydrogens (tertiary/aromatic N) is 4. The number of hydrogen-bond donors (Lipinski definition) is 1. The van der Waals surface area contributed by atoms with Crippen molar-refractivity contribution in [2.75, 3.05) is 11.9 Å². The number of ether oxygens (including phenoxy) is 1.